The standard InChI is InChI=1S/C19H18BrN3O7/c1-2-29-16-6-4-3-5-13(16)19(26)21-10-18(25)30-11-17(24)22-15-8-7-12(23(27)28)9-14(15)20/h3-9H,2,10-11H2,1H3,(H,21,26)(H,22,24). The molecule has 0 atom stereocenters. The Kier molecular flexibility index (Phi) is 8.29. The summed E-state index contributed by atoms with van der Waals surface area (Å²) in [6.07, 6.45) is 0. The van der Waals surface area contributed by atoms with Gasteiger partial charge in [-0.15, -0.1) is 0 Å². The van der Waals surface area contributed by atoms with Crippen LogP contribution in [-0.2, 0) is 14.3 Å². The van der Waals surface area contributed by atoms with E-state index in [9.17, 15) is 24.5 Å². The van der Waals surface area contributed by atoms with Gasteiger partial charge in [0.05, 0.1) is 22.8 Å². The minimum Gasteiger partial charge on any atom is -0.493 e. The first-order valence-corrected chi connectivity index (χ1v) is 9.50. The number of esters is 1. The van der Waals surface area contributed by atoms with E-state index in [1.807, 2.05) is 0 Å². The number of non-ortho nitro benzene ring substituents is 1. The minimum atomic E-state index is -0.810. The number of ether oxygens (including phenoxy) is 2. The maximum Gasteiger partial charge on any atom is 0.325 e. The molecule has 11 heteroatoms. The normalized spacial score (nSPS) is 10.1. The Bertz CT molecular complexity index is 965. The topological polar surface area (TPSA) is 137 Å². The second-order valence-corrected chi connectivity index (χ2v) is 6.60. The van der Waals surface area contributed by atoms with E-state index in [2.05, 4.69) is 26.6 Å². The fraction of sp³-hybridized carbons (Fsp3) is 0.211. The largest absolute Gasteiger partial charge is 0.493 e. The highest BCUT2D eigenvalue weighted by molar-refractivity contribution is 9.10. The number of rotatable bonds is 9. The van der Waals surface area contributed by atoms with Gasteiger partial charge in [-0.1, -0.05) is 12.1 Å². The van der Waals surface area contributed by atoms with Crippen LogP contribution in [0.2, 0.25) is 0 Å². The summed E-state index contributed by atoms with van der Waals surface area (Å²) in [6, 6.07) is 10.4. The van der Waals surface area contributed by atoms with Gasteiger partial charge in [0.15, 0.2) is 6.61 Å². The third-order valence-corrected chi connectivity index (χ3v) is 4.28. The van der Waals surface area contributed by atoms with Crippen molar-refractivity contribution in [3.8, 4) is 5.75 Å². The zero-order valence-corrected chi connectivity index (χ0v) is 17.4. The molecule has 2 aromatic rings. The number of para-hydroxylation sites is 1. The quantitative estimate of drug-likeness (QED) is 0.320. The monoisotopic (exact) mass is 479 g/mol. The molecule has 2 aromatic carbocycles. The summed E-state index contributed by atoms with van der Waals surface area (Å²) in [5, 5.41) is 15.6. The number of nitro groups is 1. The van der Waals surface area contributed by atoms with E-state index in [0.717, 1.165) is 0 Å². The number of carbonyl (C=O) groups excluding carboxylic acids is 3. The molecular formula is C19H18BrN3O7. The van der Waals surface area contributed by atoms with Crippen molar-refractivity contribution in [3.63, 3.8) is 0 Å². The number of hydrogen-bond acceptors (Lipinski definition) is 7. The zero-order chi connectivity index (χ0) is 22.1. The number of hydrogen-bond donors (Lipinski definition) is 2. The number of benzene rings is 2. The molecule has 0 aliphatic heterocycles. The molecule has 2 rings (SSSR count). The van der Waals surface area contributed by atoms with Gasteiger partial charge in [-0.25, -0.2) is 0 Å². The van der Waals surface area contributed by atoms with Crippen LogP contribution in [0.4, 0.5) is 11.4 Å². The first-order chi connectivity index (χ1) is 14.3. The van der Waals surface area contributed by atoms with Gasteiger partial charge < -0.3 is 20.1 Å². The van der Waals surface area contributed by atoms with Gasteiger partial charge in [0.1, 0.15) is 12.3 Å². The van der Waals surface area contributed by atoms with E-state index in [-0.39, 0.29) is 16.9 Å². The Labute approximate surface area is 179 Å². The zero-order valence-electron chi connectivity index (χ0n) is 15.8. The third kappa shape index (κ3) is 6.55. The number of anilines is 1. The Morgan fingerprint density at radius 3 is 2.57 bits per heavy atom. The highest BCUT2D eigenvalue weighted by atomic mass is 79.9. The molecule has 0 aliphatic carbocycles. The average Bonchev–Trinajstić information content (AvgIpc) is 2.72. The Morgan fingerprint density at radius 1 is 1.17 bits per heavy atom. The van der Waals surface area contributed by atoms with Crippen LogP contribution in [0, 0.1) is 10.1 Å². The molecule has 0 saturated carbocycles. The molecule has 0 spiro atoms. The van der Waals surface area contributed by atoms with Crippen LogP contribution >= 0.6 is 15.9 Å². The number of carbonyl (C=O) groups is 3. The lowest BCUT2D eigenvalue weighted by molar-refractivity contribution is -0.384. The first kappa shape index (κ1) is 22.8. The van der Waals surface area contributed by atoms with Crippen molar-refractivity contribution in [1.29, 1.82) is 0 Å². The summed E-state index contributed by atoms with van der Waals surface area (Å²) in [5.41, 5.74) is 0.406. The lowest BCUT2D eigenvalue weighted by Crippen LogP contribution is -2.32. The molecule has 2 N–H and O–H groups in total. The van der Waals surface area contributed by atoms with Crippen molar-refractivity contribution >= 4 is 45.1 Å². The van der Waals surface area contributed by atoms with Crippen molar-refractivity contribution < 1.29 is 28.8 Å². The number of halogens is 1. The molecule has 0 aliphatic rings. The van der Waals surface area contributed by atoms with Crippen molar-refractivity contribution in [1.82, 2.24) is 5.32 Å². The van der Waals surface area contributed by atoms with Gasteiger partial charge in [-0.3, -0.25) is 24.5 Å². The number of nitrogens with one attached hydrogen (secondary N) is 2. The molecule has 0 radical (unpaired) electrons. The smallest absolute Gasteiger partial charge is 0.325 e. The van der Waals surface area contributed by atoms with Gasteiger partial charge >= 0.3 is 5.97 Å². The summed E-state index contributed by atoms with van der Waals surface area (Å²) in [4.78, 5) is 46.1. The predicted molar refractivity (Wildman–Crippen MR) is 110 cm³/mol. The maximum absolute atomic E-state index is 12.2. The van der Waals surface area contributed by atoms with Crippen LogP contribution < -0.4 is 15.4 Å². The molecule has 158 valence electrons. The Morgan fingerprint density at radius 2 is 1.90 bits per heavy atom. The highest BCUT2D eigenvalue weighted by Crippen LogP contribution is 2.27. The molecule has 0 heterocycles. The van der Waals surface area contributed by atoms with Crippen LogP contribution in [-0.4, -0.2) is 42.5 Å². The van der Waals surface area contributed by atoms with E-state index in [4.69, 9.17) is 9.47 Å². The first-order valence-electron chi connectivity index (χ1n) is 8.71. The van der Waals surface area contributed by atoms with Crippen molar-refractivity contribution in [3.05, 3.63) is 62.6 Å². The van der Waals surface area contributed by atoms with Crippen molar-refractivity contribution in [2.75, 3.05) is 25.1 Å². The average molecular weight is 480 g/mol. The van der Waals surface area contributed by atoms with Crippen molar-refractivity contribution in [2.24, 2.45) is 0 Å². The molecule has 30 heavy (non-hydrogen) atoms. The fourth-order valence-electron chi connectivity index (χ4n) is 2.29. The summed E-state index contributed by atoms with van der Waals surface area (Å²) in [5.74, 6) is -1.59. The molecule has 10 nitrogen and oxygen atoms in total. The second kappa shape index (κ2) is 10.9. The predicted octanol–water partition coefficient (Wildman–Crippen LogP) is 2.67. The number of amides is 2. The maximum atomic E-state index is 12.2. The van der Waals surface area contributed by atoms with Gasteiger partial charge in [0.25, 0.3) is 17.5 Å². The van der Waals surface area contributed by atoms with E-state index >= 15 is 0 Å². The van der Waals surface area contributed by atoms with Crippen LogP contribution in [0.1, 0.15) is 17.3 Å². The number of nitrogens with zero attached hydrogens (tertiary/aromatic N) is 1. The molecule has 0 unspecified atom stereocenters. The van der Waals surface area contributed by atoms with Crippen LogP contribution in [0.3, 0.4) is 0 Å². The van der Waals surface area contributed by atoms with Gasteiger partial charge in [-0.2, -0.15) is 0 Å². The van der Waals surface area contributed by atoms with E-state index in [1.165, 1.54) is 18.2 Å². The van der Waals surface area contributed by atoms with Crippen molar-refractivity contribution in [2.45, 2.75) is 6.92 Å². The van der Waals surface area contributed by atoms with Gasteiger partial charge in [0, 0.05) is 16.6 Å². The summed E-state index contributed by atoms with van der Waals surface area (Å²) in [6.45, 7) is 1.14. The van der Waals surface area contributed by atoms with Gasteiger partial charge in [0.2, 0.25) is 0 Å². The van der Waals surface area contributed by atoms with Crippen LogP contribution in [0.25, 0.3) is 0 Å². The molecular weight excluding hydrogens is 462 g/mol. The molecule has 0 saturated heterocycles. The molecule has 0 bridgehead atoms. The Balaban J connectivity index is 1.81. The van der Waals surface area contributed by atoms with E-state index in [1.54, 1.807) is 31.2 Å². The summed E-state index contributed by atoms with van der Waals surface area (Å²) >= 11 is 3.12. The minimum absolute atomic E-state index is 0.145. The Hall–Kier alpha value is -3.47. The van der Waals surface area contributed by atoms with Crippen LogP contribution in [0.15, 0.2) is 46.9 Å². The summed E-state index contributed by atoms with van der Waals surface area (Å²) < 4.78 is 10.5. The molecule has 2 amide bonds. The SMILES string of the molecule is CCOc1ccccc1C(=O)NCC(=O)OCC(=O)Nc1ccc([N+](=O)[O-])cc1Br. The molecule has 0 fully saturated rings. The lowest BCUT2D eigenvalue weighted by Gasteiger charge is -2.11. The second-order valence-electron chi connectivity index (χ2n) is 5.74. The molecule has 0 aromatic heterocycles. The van der Waals surface area contributed by atoms with Gasteiger partial charge in [-0.05, 0) is 41.1 Å². The fourth-order valence-corrected chi connectivity index (χ4v) is 2.75. The lowest BCUT2D eigenvalue weighted by atomic mass is 10.2. The van der Waals surface area contributed by atoms with Crippen LogP contribution in [0.5, 0.6) is 5.75 Å². The van der Waals surface area contributed by atoms with E-state index < -0.39 is 35.9 Å². The summed E-state index contributed by atoms with van der Waals surface area (Å²) in [7, 11) is 0. The third-order valence-electron chi connectivity index (χ3n) is 3.63. The highest BCUT2D eigenvalue weighted by Gasteiger charge is 2.15. The number of nitro benzene ring substituents is 1. The van der Waals surface area contributed by atoms with E-state index in [0.29, 0.717) is 16.8 Å².